The van der Waals surface area contributed by atoms with Crippen LogP contribution in [-0.2, 0) is 0 Å². The summed E-state index contributed by atoms with van der Waals surface area (Å²) in [6.07, 6.45) is 9.42. The van der Waals surface area contributed by atoms with E-state index in [9.17, 15) is 9.59 Å². The van der Waals surface area contributed by atoms with Gasteiger partial charge in [-0.3, -0.25) is 14.6 Å². The minimum atomic E-state index is -0.257. The van der Waals surface area contributed by atoms with Gasteiger partial charge in [0.2, 0.25) is 0 Å². The highest BCUT2D eigenvalue weighted by Gasteiger charge is 2.13. The van der Waals surface area contributed by atoms with Gasteiger partial charge in [0.05, 0.1) is 0 Å². The maximum absolute atomic E-state index is 12.5. The van der Waals surface area contributed by atoms with Crippen molar-refractivity contribution in [3.8, 4) is 0 Å². The van der Waals surface area contributed by atoms with Gasteiger partial charge in [-0.2, -0.15) is 0 Å². The number of allylic oxidation sites excluding steroid dienone is 1. The third-order valence-corrected chi connectivity index (χ3v) is 5.14. The molecule has 2 N–H and O–H groups in total. The number of aryl methyl sites for hydroxylation is 2. The number of aromatic nitrogens is 1. The summed E-state index contributed by atoms with van der Waals surface area (Å²) in [6.45, 7) is 4.62. The van der Waals surface area contributed by atoms with E-state index < -0.39 is 0 Å². The molecule has 3 rings (SSSR count). The summed E-state index contributed by atoms with van der Waals surface area (Å²) in [6, 6.07) is 8.92. The SMILES string of the molecule is Cc1ccc(NC(=O)c2ccnc(C(=O)NCCC3=CCCCC3)c2)cc1C. The lowest BCUT2D eigenvalue weighted by atomic mass is 9.97. The highest BCUT2D eigenvalue weighted by molar-refractivity contribution is 6.05. The smallest absolute Gasteiger partial charge is 0.269 e. The van der Waals surface area contributed by atoms with E-state index in [1.165, 1.54) is 36.2 Å². The Kier molecular flexibility index (Phi) is 6.58. The van der Waals surface area contributed by atoms with Crippen LogP contribution in [0.3, 0.4) is 0 Å². The molecule has 5 nitrogen and oxygen atoms in total. The third kappa shape index (κ3) is 5.28. The van der Waals surface area contributed by atoms with Gasteiger partial charge in [0.15, 0.2) is 0 Å². The first kappa shape index (κ1) is 19.8. The number of nitrogens with one attached hydrogen (secondary N) is 2. The van der Waals surface area contributed by atoms with Crippen LogP contribution >= 0.6 is 0 Å². The molecular formula is C23H27N3O2. The molecule has 0 saturated heterocycles. The molecule has 0 atom stereocenters. The highest BCUT2D eigenvalue weighted by Crippen LogP contribution is 2.19. The molecule has 5 heteroatoms. The monoisotopic (exact) mass is 377 g/mol. The minimum Gasteiger partial charge on any atom is -0.350 e. The highest BCUT2D eigenvalue weighted by atomic mass is 16.2. The molecule has 1 aliphatic rings. The Morgan fingerprint density at radius 3 is 2.64 bits per heavy atom. The van der Waals surface area contributed by atoms with Gasteiger partial charge in [-0.25, -0.2) is 0 Å². The summed E-state index contributed by atoms with van der Waals surface area (Å²) >= 11 is 0. The summed E-state index contributed by atoms with van der Waals surface area (Å²) < 4.78 is 0. The predicted molar refractivity (Wildman–Crippen MR) is 112 cm³/mol. The van der Waals surface area contributed by atoms with E-state index in [1.807, 2.05) is 32.0 Å². The second-order valence-corrected chi connectivity index (χ2v) is 7.30. The van der Waals surface area contributed by atoms with Gasteiger partial charge in [-0.05, 0) is 81.3 Å². The van der Waals surface area contributed by atoms with Crippen LogP contribution in [0.1, 0.15) is 64.1 Å². The van der Waals surface area contributed by atoms with E-state index in [1.54, 1.807) is 6.07 Å². The van der Waals surface area contributed by atoms with E-state index in [0.717, 1.165) is 30.5 Å². The molecule has 0 spiro atoms. The number of carbonyl (C=O) groups is 2. The first-order valence-electron chi connectivity index (χ1n) is 9.84. The van der Waals surface area contributed by atoms with Crippen LogP contribution in [0.2, 0.25) is 0 Å². The van der Waals surface area contributed by atoms with Crippen molar-refractivity contribution in [3.05, 3.63) is 70.6 Å². The summed E-state index contributed by atoms with van der Waals surface area (Å²) in [5, 5.41) is 5.77. The number of anilines is 1. The second kappa shape index (κ2) is 9.31. The molecule has 2 amide bonds. The maximum Gasteiger partial charge on any atom is 0.269 e. The van der Waals surface area contributed by atoms with Crippen molar-refractivity contribution in [2.45, 2.75) is 46.0 Å². The van der Waals surface area contributed by atoms with Gasteiger partial charge in [0, 0.05) is 24.0 Å². The lowest BCUT2D eigenvalue weighted by Crippen LogP contribution is -2.26. The minimum absolute atomic E-state index is 0.253. The lowest BCUT2D eigenvalue weighted by Gasteiger charge is -2.13. The number of pyridine rings is 1. The van der Waals surface area contributed by atoms with Crippen molar-refractivity contribution < 1.29 is 9.59 Å². The molecule has 0 radical (unpaired) electrons. The third-order valence-electron chi connectivity index (χ3n) is 5.14. The van der Waals surface area contributed by atoms with E-state index >= 15 is 0 Å². The second-order valence-electron chi connectivity index (χ2n) is 7.30. The number of amides is 2. The molecule has 1 aliphatic carbocycles. The zero-order valence-corrected chi connectivity index (χ0v) is 16.5. The van der Waals surface area contributed by atoms with Crippen LogP contribution in [0, 0.1) is 13.8 Å². The molecule has 1 heterocycles. The largest absolute Gasteiger partial charge is 0.350 e. The predicted octanol–water partition coefficient (Wildman–Crippen LogP) is 4.57. The van der Waals surface area contributed by atoms with E-state index in [-0.39, 0.29) is 17.5 Å². The normalized spacial score (nSPS) is 13.6. The van der Waals surface area contributed by atoms with Gasteiger partial charge in [-0.1, -0.05) is 17.7 Å². The number of benzene rings is 1. The number of rotatable bonds is 6. The molecule has 0 unspecified atom stereocenters. The van der Waals surface area contributed by atoms with Crippen molar-refractivity contribution in [1.29, 1.82) is 0 Å². The molecule has 146 valence electrons. The fourth-order valence-corrected chi connectivity index (χ4v) is 3.28. The molecule has 1 aromatic carbocycles. The van der Waals surface area contributed by atoms with Crippen molar-refractivity contribution in [3.63, 3.8) is 0 Å². The molecule has 0 saturated carbocycles. The van der Waals surface area contributed by atoms with Crippen molar-refractivity contribution >= 4 is 17.5 Å². The number of hydrogen-bond acceptors (Lipinski definition) is 3. The Balaban J connectivity index is 1.59. The van der Waals surface area contributed by atoms with Gasteiger partial charge >= 0.3 is 0 Å². The number of nitrogens with zero attached hydrogens (tertiary/aromatic N) is 1. The van der Waals surface area contributed by atoms with Crippen LogP contribution in [0.5, 0.6) is 0 Å². The zero-order valence-electron chi connectivity index (χ0n) is 16.5. The molecule has 1 aromatic heterocycles. The molecule has 0 bridgehead atoms. The van der Waals surface area contributed by atoms with Crippen LogP contribution in [0.15, 0.2) is 48.2 Å². The molecule has 2 aromatic rings. The summed E-state index contributed by atoms with van der Waals surface area (Å²) in [4.78, 5) is 29.0. The Bertz CT molecular complexity index is 902. The van der Waals surface area contributed by atoms with Gasteiger partial charge in [0.1, 0.15) is 5.69 Å². The standard InChI is InChI=1S/C23H27N3O2/c1-16-8-9-20(14-17(16)2)26-22(27)19-11-13-24-21(15-19)23(28)25-12-10-18-6-4-3-5-7-18/h6,8-9,11,13-15H,3-5,7,10,12H2,1-2H3,(H,25,28)(H,26,27). The topological polar surface area (TPSA) is 71.1 Å². The average molecular weight is 377 g/mol. The van der Waals surface area contributed by atoms with E-state index in [0.29, 0.717) is 12.1 Å². The van der Waals surface area contributed by atoms with Crippen LogP contribution in [-0.4, -0.2) is 23.3 Å². The van der Waals surface area contributed by atoms with Gasteiger partial charge in [0.25, 0.3) is 11.8 Å². The number of carbonyl (C=O) groups excluding carboxylic acids is 2. The summed E-state index contributed by atoms with van der Waals surface area (Å²) in [5.41, 5.74) is 5.10. The zero-order chi connectivity index (χ0) is 19.9. The van der Waals surface area contributed by atoms with Crippen LogP contribution in [0.4, 0.5) is 5.69 Å². The van der Waals surface area contributed by atoms with E-state index in [4.69, 9.17) is 0 Å². The summed E-state index contributed by atoms with van der Waals surface area (Å²) in [7, 11) is 0. The van der Waals surface area contributed by atoms with Crippen molar-refractivity contribution in [1.82, 2.24) is 10.3 Å². The quantitative estimate of drug-likeness (QED) is 0.724. The maximum atomic E-state index is 12.5. The summed E-state index contributed by atoms with van der Waals surface area (Å²) in [5.74, 6) is -0.510. The first-order chi connectivity index (χ1) is 13.5. The Morgan fingerprint density at radius 1 is 1.04 bits per heavy atom. The molecule has 0 fully saturated rings. The van der Waals surface area contributed by atoms with Gasteiger partial charge < -0.3 is 10.6 Å². The molecule has 0 aliphatic heterocycles. The number of hydrogen-bond donors (Lipinski definition) is 2. The lowest BCUT2D eigenvalue weighted by molar-refractivity contribution is 0.0949. The molecule has 28 heavy (non-hydrogen) atoms. The van der Waals surface area contributed by atoms with E-state index in [2.05, 4.69) is 21.7 Å². The Hall–Kier alpha value is -2.95. The van der Waals surface area contributed by atoms with Gasteiger partial charge in [-0.15, -0.1) is 0 Å². The van der Waals surface area contributed by atoms with Crippen LogP contribution < -0.4 is 10.6 Å². The fraction of sp³-hybridized carbons (Fsp3) is 0.348. The van der Waals surface area contributed by atoms with Crippen LogP contribution in [0.25, 0.3) is 0 Å². The van der Waals surface area contributed by atoms with Crippen molar-refractivity contribution in [2.75, 3.05) is 11.9 Å². The Morgan fingerprint density at radius 2 is 1.89 bits per heavy atom. The molecular weight excluding hydrogens is 350 g/mol. The van der Waals surface area contributed by atoms with Crippen molar-refractivity contribution in [2.24, 2.45) is 0 Å². The Labute approximate surface area is 166 Å². The fourth-order valence-electron chi connectivity index (χ4n) is 3.28. The average Bonchev–Trinajstić information content (AvgIpc) is 2.71. The first-order valence-corrected chi connectivity index (χ1v) is 9.84.